The molecule has 9 heteroatoms. The molecule has 0 amide bonds. The first kappa shape index (κ1) is 17.6. The van der Waals surface area contributed by atoms with Gasteiger partial charge in [0.1, 0.15) is 11.2 Å². The number of hydrogen-bond acceptors (Lipinski definition) is 4. The van der Waals surface area contributed by atoms with Gasteiger partial charge in [-0.05, 0) is 25.7 Å². The van der Waals surface area contributed by atoms with Crippen LogP contribution >= 0.6 is 11.6 Å². The summed E-state index contributed by atoms with van der Waals surface area (Å²) in [6.45, 7) is 0. The summed E-state index contributed by atoms with van der Waals surface area (Å²) >= 11 is 5.65. The van der Waals surface area contributed by atoms with Crippen molar-refractivity contribution in [1.82, 2.24) is 19.7 Å². The van der Waals surface area contributed by atoms with E-state index in [-0.39, 0.29) is 47.9 Å². The maximum Gasteiger partial charge on any atom is 0.262 e. The van der Waals surface area contributed by atoms with Gasteiger partial charge >= 0.3 is 0 Å². The molecule has 4 rings (SSSR count). The lowest BCUT2D eigenvalue weighted by Gasteiger charge is -2.34. The minimum Gasteiger partial charge on any atom is -0.310 e. The van der Waals surface area contributed by atoms with Crippen LogP contribution in [0.3, 0.4) is 0 Å². The first-order valence-corrected chi connectivity index (χ1v) is 9.37. The van der Waals surface area contributed by atoms with E-state index in [0.717, 1.165) is 12.8 Å². The summed E-state index contributed by atoms with van der Waals surface area (Å²) in [7, 11) is 0. The Kier molecular flexibility index (Phi) is 4.33. The van der Waals surface area contributed by atoms with Crippen LogP contribution in [0.1, 0.15) is 56.3 Å². The molecule has 2 heterocycles. The number of Topliss-reactive ketones (excluding diaryl/α,β-unsaturated/α-hetero) is 1. The number of aromatic nitrogens is 4. The predicted molar refractivity (Wildman–Crippen MR) is 91.8 cm³/mol. The summed E-state index contributed by atoms with van der Waals surface area (Å²) in [5, 5.41) is 4.58. The normalized spacial score (nSPS) is 26.0. The van der Waals surface area contributed by atoms with E-state index in [4.69, 9.17) is 11.6 Å². The van der Waals surface area contributed by atoms with Crippen LogP contribution < -0.4 is 5.56 Å². The number of nitrogens with one attached hydrogen (secondary N) is 1. The predicted octanol–water partition coefficient (Wildman–Crippen LogP) is 3.17. The Morgan fingerprint density at radius 2 is 2.04 bits per heavy atom. The topological polar surface area (TPSA) is 80.6 Å². The van der Waals surface area contributed by atoms with E-state index in [0.29, 0.717) is 29.7 Å². The third kappa shape index (κ3) is 2.94. The van der Waals surface area contributed by atoms with Crippen LogP contribution in [0.15, 0.2) is 11.0 Å². The van der Waals surface area contributed by atoms with Crippen molar-refractivity contribution in [1.29, 1.82) is 0 Å². The molecule has 2 aliphatic rings. The first-order valence-electron chi connectivity index (χ1n) is 8.83. The smallest absolute Gasteiger partial charge is 0.262 e. The van der Waals surface area contributed by atoms with Crippen LogP contribution in [-0.4, -0.2) is 37.3 Å². The van der Waals surface area contributed by atoms with E-state index in [9.17, 15) is 18.4 Å². The molecule has 0 saturated heterocycles. The Morgan fingerprint density at radius 3 is 2.65 bits per heavy atom. The van der Waals surface area contributed by atoms with E-state index in [1.165, 1.54) is 6.20 Å². The molecule has 2 saturated carbocycles. The maximum absolute atomic E-state index is 13.4. The standard InChI is InChI=1S/C17H19ClF2N4O2/c18-7-13(25)10-1-2-11(10)14-22-15-12(16(26)23-14)8-21-24(15)9-3-5-17(19,20)6-4-9/h8-11H,1-7H2,(H,22,23,26). The Morgan fingerprint density at radius 1 is 1.31 bits per heavy atom. The quantitative estimate of drug-likeness (QED) is 0.821. The van der Waals surface area contributed by atoms with Gasteiger partial charge in [-0.25, -0.2) is 18.4 Å². The van der Waals surface area contributed by atoms with Gasteiger partial charge in [0.2, 0.25) is 5.92 Å². The molecule has 2 unspecified atom stereocenters. The molecule has 2 aromatic rings. The van der Waals surface area contributed by atoms with Crippen molar-refractivity contribution in [2.24, 2.45) is 5.92 Å². The van der Waals surface area contributed by atoms with Crippen molar-refractivity contribution in [3.63, 3.8) is 0 Å². The van der Waals surface area contributed by atoms with Crippen molar-refractivity contribution < 1.29 is 13.6 Å². The van der Waals surface area contributed by atoms with Crippen molar-refractivity contribution in [3.05, 3.63) is 22.4 Å². The second-order valence-corrected chi connectivity index (χ2v) is 7.52. The van der Waals surface area contributed by atoms with Crippen LogP contribution in [0.5, 0.6) is 0 Å². The molecule has 0 radical (unpaired) electrons. The SMILES string of the molecule is O=C(CCl)C1CCC1c1nc2c(cnn2C2CCC(F)(F)CC2)c(=O)[nH]1. The number of aromatic amines is 1. The zero-order valence-corrected chi connectivity index (χ0v) is 14.8. The fourth-order valence-electron chi connectivity index (χ4n) is 3.98. The Labute approximate surface area is 152 Å². The molecule has 140 valence electrons. The number of carbonyl (C=O) groups is 1. The number of carbonyl (C=O) groups excluding carboxylic acids is 1. The molecule has 6 nitrogen and oxygen atoms in total. The highest BCUT2D eigenvalue weighted by Crippen LogP contribution is 2.42. The molecular formula is C17H19ClF2N4O2. The van der Waals surface area contributed by atoms with Gasteiger partial charge < -0.3 is 4.98 Å². The molecule has 2 atom stereocenters. The summed E-state index contributed by atoms with van der Waals surface area (Å²) in [4.78, 5) is 31.6. The summed E-state index contributed by atoms with van der Waals surface area (Å²) < 4.78 is 28.5. The zero-order chi connectivity index (χ0) is 18.5. The average molecular weight is 385 g/mol. The maximum atomic E-state index is 13.4. The lowest BCUT2D eigenvalue weighted by Crippen LogP contribution is -2.34. The van der Waals surface area contributed by atoms with E-state index in [1.807, 2.05) is 0 Å². The minimum absolute atomic E-state index is 0.0475. The number of ketones is 1. The monoisotopic (exact) mass is 384 g/mol. The molecule has 0 bridgehead atoms. The van der Waals surface area contributed by atoms with Crippen molar-refractivity contribution in [2.75, 3.05) is 5.88 Å². The zero-order valence-electron chi connectivity index (χ0n) is 14.1. The van der Waals surface area contributed by atoms with Gasteiger partial charge in [0.25, 0.3) is 5.56 Å². The number of nitrogens with zero attached hydrogens (tertiary/aromatic N) is 3. The van der Waals surface area contributed by atoms with Gasteiger partial charge in [0.15, 0.2) is 11.4 Å². The van der Waals surface area contributed by atoms with Crippen molar-refractivity contribution >= 4 is 28.4 Å². The van der Waals surface area contributed by atoms with Crippen LogP contribution in [0.25, 0.3) is 11.0 Å². The Hall–Kier alpha value is -1.83. The third-order valence-corrected chi connectivity index (χ3v) is 5.95. The number of H-pyrrole nitrogens is 1. The highest BCUT2D eigenvalue weighted by Gasteiger charge is 2.39. The summed E-state index contributed by atoms with van der Waals surface area (Å²) in [6.07, 6.45) is 3.13. The molecule has 2 aliphatic carbocycles. The Balaban J connectivity index is 1.68. The minimum atomic E-state index is -2.63. The van der Waals surface area contributed by atoms with Gasteiger partial charge in [0, 0.05) is 24.7 Å². The van der Waals surface area contributed by atoms with Gasteiger partial charge in [-0.1, -0.05) is 0 Å². The van der Waals surface area contributed by atoms with Crippen molar-refractivity contribution in [2.45, 2.75) is 56.4 Å². The number of hydrogen-bond donors (Lipinski definition) is 1. The van der Waals surface area contributed by atoms with Gasteiger partial charge in [-0.2, -0.15) is 5.10 Å². The third-order valence-electron chi connectivity index (χ3n) is 5.69. The fraction of sp³-hybridized carbons (Fsp3) is 0.647. The molecule has 0 aromatic carbocycles. The molecule has 1 N–H and O–H groups in total. The summed E-state index contributed by atoms with van der Waals surface area (Å²) in [5.74, 6) is -2.65. The summed E-state index contributed by atoms with van der Waals surface area (Å²) in [6, 6.07) is -0.198. The van der Waals surface area contributed by atoms with Gasteiger partial charge in [-0.15, -0.1) is 11.6 Å². The van der Waals surface area contributed by atoms with Gasteiger partial charge in [-0.3, -0.25) is 9.59 Å². The van der Waals surface area contributed by atoms with Crippen LogP contribution in [0.4, 0.5) is 8.78 Å². The second-order valence-electron chi connectivity index (χ2n) is 7.25. The molecule has 0 aliphatic heterocycles. The lowest BCUT2D eigenvalue weighted by molar-refractivity contribution is -0.123. The highest BCUT2D eigenvalue weighted by molar-refractivity contribution is 6.28. The van der Waals surface area contributed by atoms with E-state index < -0.39 is 5.92 Å². The number of fused-ring (bicyclic) bond motifs is 1. The molecule has 0 spiro atoms. The lowest BCUT2D eigenvalue weighted by atomic mass is 9.71. The molecule has 2 fully saturated rings. The van der Waals surface area contributed by atoms with Gasteiger partial charge in [0.05, 0.1) is 18.1 Å². The largest absolute Gasteiger partial charge is 0.310 e. The van der Waals surface area contributed by atoms with E-state index in [2.05, 4.69) is 15.1 Å². The number of rotatable bonds is 4. The molecule has 2 aromatic heterocycles. The van der Waals surface area contributed by atoms with Crippen molar-refractivity contribution in [3.8, 4) is 0 Å². The Bertz CT molecular complexity index is 900. The van der Waals surface area contributed by atoms with E-state index in [1.54, 1.807) is 4.68 Å². The highest BCUT2D eigenvalue weighted by atomic mass is 35.5. The molecular weight excluding hydrogens is 366 g/mol. The summed E-state index contributed by atoms with van der Waals surface area (Å²) in [5.41, 5.74) is 0.0873. The van der Waals surface area contributed by atoms with Crippen LogP contribution in [0, 0.1) is 5.92 Å². The fourth-order valence-corrected chi connectivity index (χ4v) is 4.18. The average Bonchev–Trinajstić information content (AvgIpc) is 2.98. The van der Waals surface area contributed by atoms with Crippen LogP contribution in [-0.2, 0) is 4.79 Å². The number of alkyl halides is 3. The van der Waals surface area contributed by atoms with Crippen LogP contribution in [0.2, 0.25) is 0 Å². The number of halogens is 3. The first-order chi connectivity index (χ1) is 12.4. The molecule has 26 heavy (non-hydrogen) atoms. The van der Waals surface area contributed by atoms with E-state index >= 15 is 0 Å². The second kappa shape index (κ2) is 6.40.